The van der Waals surface area contributed by atoms with Crippen LogP contribution in [0.25, 0.3) is 5.69 Å². The monoisotopic (exact) mass is 510 g/mol. The molecule has 3 heterocycles. The number of hydrogen-bond donors (Lipinski definition) is 2. The number of nitrogens with zero attached hydrogens (tertiary/aromatic N) is 4. The molecule has 0 bridgehead atoms. The predicted molar refractivity (Wildman–Crippen MR) is 133 cm³/mol. The van der Waals surface area contributed by atoms with Gasteiger partial charge in [-0.15, -0.1) is 0 Å². The van der Waals surface area contributed by atoms with Crippen LogP contribution < -0.4 is 16.2 Å². The fourth-order valence-electron chi connectivity index (χ4n) is 4.59. The lowest BCUT2D eigenvalue weighted by Gasteiger charge is -2.33. The van der Waals surface area contributed by atoms with Crippen molar-refractivity contribution in [3.63, 3.8) is 0 Å². The number of anilines is 2. The van der Waals surface area contributed by atoms with Crippen LogP contribution in [0.2, 0.25) is 0 Å². The Balaban J connectivity index is 1.47. The van der Waals surface area contributed by atoms with E-state index in [9.17, 15) is 22.8 Å². The molecule has 1 aliphatic rings. The number of rotatable bonds is 4. The molecule has 2 aromatic heterocycles. The van der Waals surface area contributed by atoms with E-state index >= 15 is 0 Å². The Bertz CT molecular complexity index is 1520. The molecule has 4 aromatic rings. The minimum absolute atomic E-state index is 0.0280. The molecule has 0 radical (unpaired) electrons. The summed E-state index contributed by atoms with van der Waals surface area (Å²) in [6.07, 6.45) is -4.85. The first-order valence-corrected chi connectivity index (χ1v) is 11.7. The van der Waals surface area contributed by atoms with Crippen molar-refractivity contribution in [1.82, 2.24) is 19.1 Å². The van der Waals surface area contributed by atoms with Crippen molar-refractivity contribution in [2.24, 2.45) is 7.05 Å². The maximum Gasteiger partial charge on any atom is 0.410 e. The SMILES string of the molecule is Cc1ccc([C@H]2C[C@@H](C(F)(F)F)n3nc(C(=O)Nc4c(C)n(C)n(-c5ccccc5)c4=O)cc3N2)cc1. The van der Waals surface area contributed by atoms with Crippen molar-refractivity contribution in [2.45, 2.75) is 38.5 Å². The summed E-state index contributed by atoms with van der Waals surface area (Å²) in [6.45, 7) is 3.57. The van der Waals surface area contributed by atoms with Crippen molar-refractivity contribution in [1.29, 1.82) is 0 Å². The Morgan fingerprint density at radius 1 is 1.08 bits per heavy atom. The molecule has 2 atom stereocenters. The van der Waals surface area contributed by atoms with Gasteiger partial charge in [0.25, 0.3) is 11.5 Å². The molecule has 11 heteroatoms. The summed E-state index contributed by atoms with van der Waals surface area (Å²) in [4.78, 5) is 26.2. The van der Waals surface area contributed by atoms with Gasteiger partial charge in [-0.25, -0.2) is 9.36 Å². The number of fused-ring (bicyclic) bond motifs is 1. The van der Waals surface area contributed by atoms with Crippen LogP contribution in [0.15, 0.2) is 65.5 Å². The third-order valence-electron chi connectivity index (χ3n) is 6.69. The molecule has 0 saturated heterocycles. The van der Waals surface area contributed by atoms with E-state index in [-0.39, 0.29) is 23.6 Å². The topological polar surface area (TPSA) is 85.9 Å². The van der Waals surface area contributed by atoms with E-state index in [1.165, 1.54) is 10.7 Å². The third kappa shape index (κ3) is 4.41. The maximum absolute atomic E-state index is 14.0. The summed E-state index contributed by atoms with van der Waals surface area (Å²) in [5.41, 5.74) is 2.13. The molecular weight excluding hydrogens is 485 g/mol. The fourth-order valence-corrected chi connectivity index (χ4v) is 4.59. The zero-order chi connectivity index (χ0) is 26.5. The van der Waals surface area contributed by atoms with Gasteiger partial charge in [0.2, 0.25) is 0 Å². The molecular formula is C26H25F3N6O2. The van der Waals surface area contributed by atoms with Gasteiger partial charge in [-0.2, -0.15) is 18.3 Å². The van der Waals surface area contributed by atoms with Crippen LogP contribution in [-0.4, -0.2) is 31.2 Å². The number of alkyl halides is 3. The highest BCUT2D eigenvalue weighted by atomic mass is 19.4. The number of carbonyl (C=O) groups is 1. The first-order valence-electron chi connectivity index (χ1n) is 11.7. The van der Waals surface area contributed by atoms with Gasteiger partial charge in [0, 0.05) is 19.5 Å². The van der Waals surface area contributed by atoms with Gasteiger partial charge in [-0.1, -0.05) is 48.0 Å². The minimum Gasteiger partial charge on any atom is -0.363 e. The van der Waals surface area contributed by atoms with E-state index in [2.05, 4.69) is 15.7 Å². The average Bonchev–Trinajstić information content (AvgIpc) is 3.38. The molecule has 0 saturated carbocycles. The Hall–Kier alpha value is -4.28. The van der Waals surface area contributed by atoms with Crippen LogP contribution in [0.4, 0.5) is 24.7 Å². The number of aromatic nitrogens is 4. The van der Waals surface area contributed by atoms with Crippen LogP contribution >= 0.6 is 0 Å². The van der Waals surface area contributed by atoms with E-state index in [1.807, 2.05) is 25.1 Å². The molecule has 8 nitrogen and oxygen atoms in total. The van der Waals surface area contributed by atoms with Crippen molar-refractivity contribution in [2.75, 3.05) is 10.6 Å². The zero-order valence-corrected chi connectivity index (χ0v) is 20.4. The highest BCUT2D eigenvalue weighted by Gasteiger charge is 2.46. The number of para-hydroxylation sites is 1. The quantitative estimate of drug-likeness (QED) is 0.409. The molecule has 0 spiro atoms. The standard InChI is InChI=1S/C26H25F3N6O2/c1-15-9-11-17(12-10-15)19-13-21(26(27,28)29)34-22(30-19)14-20(32-34)24(36)31-23-16(2)33(3)35(25(23)37)18-7-5-4-6-8-18/h4-12,14,19,21,30H,13H2,1-3H3,(H,31,36)/t19-,21+/m1/s1. The van der Waals surface area contributed by atoms with Gasteiger partial charge in [0.05, 0.1) is 17.4 Å². The summed E-state index contributed by atoms with van der Waals surface area (Å²) in [7, 11) is 1.68. The summed E-state index contributed by atoms with van der Waals surface area (Å²) in [6, 6.07) is 14.9. The molecule has 37 heavy (non-hydrogen) atoms. The van der Waals surface area contributed by atoms with Crippen molar-refractivity contribution < 1.29 is 18.0 Å². The van der Waals surface area contributed by atoms with Crippen molar-refractivity contribution >= 4 is 17.4 Å². The summed E-state index contributed by atoms with van der Waals surface area (Å²) in [5.74, 6) is -0.696. The summed E-state index contributed by atoms with van der Waals surface area (Å²) in [5, 5.41) is 9.63. The lowest BCUT2D eigenvalue weighted by atomic mass is 9.96. The van der Waals surface area contributed by atoms with E-state index in [0.717, 1.165) is 10.2 Å². The Labute approximate surface area is 210 Å². The number of halogens is 3. The van der Waals surface area contributed by atoms with E-state index in [1.54, 1.807) is 55.1 Å². The molecule has 0 fully saturated rings. The van der Waals surface area contributed by atoms with Crippen LogP contribution in [0.5, 0.6) is 0 Å². The molecule has 1 aliphatic heterocycles. The highest BCUT2D eigenvalue weighted by Crippen LogP contribution is 2.43. The van der Waals surface area contributed by atoms with E-state index in [4.69, 9.17) is 0 Å². The molecule has 2 aromatic carbocycles. The third-order valence-corrected chi connectivity index (χ3v) is 6.69. The second-order valence-electron chi connectivity index (χ2n) is 9.15. The van der Waals surface area contributed by atoms with E-state index < -0.39 is 29.7 Å². The smallest absolute Gasteiger partial charge is 0.363 e. The number of carbonyl (C=O) groups excluding carboxylic acids is 1. The molecule has 5 rings (SSSR count). The van der Waals surface area contributed by atoms with Crippen molar-refractivity contribution in [3.8, 4) is 5.69 Å². The van der Waals surface area contributed by atoms with Gasteiger partial charge in [0.15, 0.2) is 11.7 Å². The van der Waals surface area contributed by atoms with Crippen LogP contribution in [0.1, 0.15) is 45.8 Å². The van der Waals surface area contributed by atoms with Gasteiger partial charge >= 0.3 is 6.18 Å². The van der Waals surface area contributed by atoms with Crippen LogP contribution in [0, 0.1) is 13.8 Å². The fraction of sp³-hybridized carbons (Fsp3) is 0.269. The normalized spacial score (nSPS) is 17.2. The average molecular weight is 511 g/mol. The summed E-state index contributed by atoms with van der Waals surface area (Å²) < 4.78 is 45.8. The van der Waals surface area contributed by atoms with Gasteiger partial charge in [-0.05, 0) is 31.5 Å². The first kappa shape index (κ1) is 24.4. The lowest BCUT2D eigenvalue weighted by molar-refractivity contribution is -0.173. The Morgan fingerprint density at radius 3 is 2.41 bits per heavy atom. The zero-order valence-electron chi connectivity index (χ0n) is 20.4. The largest absolute Gasteiger partial charge is 0.410 e. The van der Waals surface area contributed by atoms with Crippen LogP contribution in [0.3, 0.4) is 0 Å². The number of benzene rings is 2. The molecule has 0 aliphatic carbocycles. The number of nitrogens with one attached hydrogen (secondary N) is 2. The Kier molecular flexibility index (Phi) is 5.93. The molecule has 192 valence electrons. The molecule has 1 amide bonds. The number of hydrogen-bond acceptors (Lipinski definition) is 4. The number of aryl methyl sites for hydroxylation is 1. The lowest BCUT2D eigenvalue weighted by Crippen LogP contribution is -2.35. The first-order chi connectivity index (χ1) is 17.5. The Morgan fingerprint density at radius 2 is 1.76 bits per heavy atom. The minimum atomic E-state index is -4.57. The van der Waals surface area contributed by atoms with Crippen LogP contribution in [-0.2, 0) is 7.05 Å². The number of amides is 1. The predicted octanol–water partition coefficient (Wildman–Crippen LogP) is 4.90. The molecule has 0 unspecified atom stereocenters. The van der Waals surface area contributed by atoms with E-state index in [0.29, 0.717) is 16.9 Å². The van der Waals surface area contributed by atoms with Crippen molar-refractivity contribution in [3.05, 3.63) is 93.5 Å². The second-order valence-corrected chi connectivity index (χ2v) is 9.15. The van der Waals surface area contributed by atoms with Gasteiger partial charge < -0.3 is 10.6 Å². The summed E-state index contributed by atoms with van der Waals surface area (Å²) >= 11 is 0. The second kappa shape index (κ2) is 8.99. The molecule has 2 N–H and O–H groups in total. The van der Waals surface area contributed by atoms with Gasteiger partial charge in [0.1, 0.15) is 11.5 Å². The van der Waals surface area contributed by atoms with Gasteiger partial charge in [-0.3, -0.25) is 14.3 Å². The highest BCUT2D eigenvalue weighted by molar-refractivity contribution is 6.03. The maximum atomic E-state index is 14.0.